The summed E-state index contributed by atoms with van der Waals surface area (Å²) in [6.45, 7) is -0.00793. The molecule has 13 heavy (non-hydrogen) atoms. The number of aromatic nitrogens is 1. The molecule has 0 aliphatic heterocycles. The SMILES string of the molecule is OCc1cc2ccc(Br)cc2cn1. The van der Waals surface area contributed by atoms with E-state index in [1.165, 1.54) is 0 Å². The highest BCUT2D eigenvalue weighted by molar-refractivity contribution is 9.10. The molecular formula is C10H8BrNO. The Balaban J connectivity index is 2.66. The lowest BCUT2D eigenvalue weighted by Crippen LogP contribution is -1.87. The predicted molar refractivity (Wildman–Crippen MR) is 55.4 cm³/mol. The lowest BCUT2D eigenvalue weighted by atomic mass is 10.1. The van der Waals surface area contributed by atoms with Gasteiger partial charge in [0, 0.05) is 16.1 Å². The average Bonchev–Trinajstić information content (AvgIpc) is 2.17. The van der Waals surface area contributed by atoms with Crippen molar-refractivity contribution in [1.82, 2.24) is 4.98 Å². The fourth-order valence-corrected chi connectivity index (χ4v) is 1.62. The Kier molecular flexibility index (Phi) is 2.29. The van der Waals surface area contributed by atoms with Crippen molar-refractivity contribution in [1.29, 1.82) is 0 Å². The summed E-state index contributed by atoms with van der Waals surface area (Å²) >= 11 is 3.39. The maximum atomic E-state index is 8.88. The molecule has 1 aromatic heterocycles. The van der Waals surface area contributed by atoms with Gasteiger partial charge in [-0.1, -0.05) is 22.0 Å². The summed E-state index contributed by atoms with van der Waals surface area (Å²) in [6.07, 6.45) is 1.77. The quantitative estimate of drug-likeness (QED) is 0.827. The van der Waals surface area contributed by atoms with Gasteiger partial charge in [-0.2, -0.15) is 0 Å². The van der Waals surface area contributed by atoms with Gasteiger partial charge in [-0.25, -0.2) is 0 Å². The van der Waals surface area contributed by atoms with Crippen molar-refractivity contribution in [3.05, 3.63) is 40.6 Å². The van der Waals surface area contributed by atoms with Crippen LogP contribution in [0.5, 0.6) is 0 Å². The minimum Gasteiger partial charge on any atom is -0.390 e. The third kappa shape index (κ3) is 1.71. The molecule has 2 nitrogen and oxygen atoms in total. The Bertz CT molecular complexity index is 442. The Morgan fingerprint density at radius 2 is 2.08 bits per heavy atom. The molecule has 1 heterocycles. The molecule has 0 aliphatic carbocycles. The molecule has 3 heteroatoms. The van der Waals surface area contributed by atoms with Crippen LogP contribution >= 0.6 is 15.9 Å². The molecule has 1 N–H and O–H groups in total. The largest absolute Gasteiger partial charge is 0.390 e. The van der Waals surface area contributed by atoms with Crippen molar-refractivity contribution < 1.29 is 5.11 Å². The number of aliphatic hydroxyl groups excluding tert-OH is 1. The Hall–Kier alpha value is -0.930. The van der Waals surface area contributed by atoms with E-state index in [2.05, 4.69) is 20.9 Å². The molecule has 0 fully saturated rings. The first-order valence-electron chi connectivity index (χ1n) is 3.94. The zero-order chi connectivity index (χ0) is 9.26. The van der Waals surface area contributed by atoms with Crippen molar-refractivity contribution in [3.8, 4) is 0 Å². The molecule has 0 saturated carbocycles. The number of rotatable bonds is 1. The van der Waals surface area contributed by atoms with Crippen molar-refractivity contribution in [2.24, 2.45) is 0 Å². The number of halogens is 1. The Morgan fingerprint density at radius 3 is 2.85 bits per heavy atom. The third-order valence-electron chi connectivity index (χ3n) is 1.90. The summed E-state index contributed by atoms with van der Waals surface area (Å²) < 4.78 is 1.04. The van der Waals surface area contributed by atoms with Gasteiger partial charge >= 0.3 is 0 Å². The smallest absolute Gasteiger partial charge is 0.0853 e. The van der Waals surface area contributed by atoms with E-state index >= 15 is 0 Å². The molecule has 0 atom stereocenters. The highest BCUT2D eigenvalue weighted by Crippen LogP contribution is 2.19. The zero-order valence-corrected chi connectivity index (χ0v) is 8.45. The highest BCUT2D eigenvalue weighted by Gasteiger charge is 1.97. The maximum absolute atomic E-state index is 8.88. The second-order valence-electron chi connectivity index (χ2n) is 2.83. The normalized spacial score (nSPS) is 10.6. The molecule has 0 unspecified atom stereocenters. The number of fused-ring (bicyclic) bond motifs is 1. The minimum atomic E-state index is -0.00793. The van der Waals surface area contributed by atoms with Crippen molar-refractivity contribution >= 4 is 26.7 Å². The Morgan fingerprint density at radius 1 is 1.23 bits per heavy atom. The molecule has 66 valence electrons. The van der Waals surface area contributed by atoms with Crippen molar-refractivity contribution in [3.63, 3.8) is 0 Å². The first kappa shape index (κ1) is 8.66. The summed E-state index contributed by atoms with van der Waals surface area (Å²) in [5, 5.41) is 11.1. The van der Waals surface area contributed by atoms with Crippen LogP contribution in [0, 0.1) is 0 Å². The lowest BCUT2D eigenvalue weighted by molar-refractivity contribution is 0.277. The number of pyridine rings is 1. The maximum Gasteiger partial charge on any atom is 0.0853 e. The summed E-state index contributed by atoms with van der Waals surface area (Å²) in [6, 6.07) is 7.87. The van der Waals surface area contributed by atoms with Crippen molar-refractivity contribution in [2.45, 2.75) is 6.61 Å². The number of benzene rings is 1. The minimum absolute atomic E-state index is 0.00793. The zero-order valence-electron chi connectivity index (χ0n) is 6.87. The Labute approximate surface area is 84.4 Å². The lowest BCUT2D eigenvalue weighted by Gasteiger charge is -2.00. The van der Waals surface area contributed by atoms with Gasteiger partial charge in [0.25, 0.3) is 0 Å². The first-order chi connectivity index (χ1) is 6.29. The average molecular weight is 238 g/mol. The van der Waals surface area contributed by atoms with E-state index in [1.807, 2.05) is 24.3 Å². The van der Waals surface area contributed by atoms with Crippen LogP contribution in [0.1, 0.15) is 5.69 Å². The van der Waals surface area contributed by atoms with Gasteiger partial charge in [-0.15, -0.1) is 0 Å². The monoisotopic (exact) mass is 237 g/mol. The standard InChI is InChI=1S/C10H8BrNO/c11-9-2-1-7-4-10(6-13)12-5-8(7)3-9/h1-5,13H,6H2. The fourth-order valence-electron chi connectivity index (χ4n) is 1.24. The fraction of sp³-hybridized carbons (Fsp3) is 0.100. The van der Waals surface area contributed by atoms with E-state index < -0.39 is 0 Å². The summed E-state index contributed by atoms with van der Waals surface area (Å²) in [5.74, 6) is 0. The van der Waals surface area contributed by atoms with Crippen molar-refractivity contribution in [2.75, 3.05) is 0 Å². The van der Waals surface area contributed by atoms with Crippen LogP contribution in [0.15, 0.2) is 34.9 Å². The molecule has 2 rings (SSSR count). The molecule has 0 aliphatic rings. The van der Waals surface area contributed by atoms with Gasteiger partial charge in [0.1, 0.15) is 0 Å². The second kappa shape index (κ2) is 3.44. The van der Waals surface area contributed by atoms with Crippen LogP contribution in [0.3, 0.4) is 0 Å². The molecule has 2 aromatic rings. The highest BCUT2D eigenvalue weighted by atomic mass is 79.9. The third-order valence-corrected chi connectivity index (χ3v) is 2.40. The molecule has 0 saturated heterocycles. The predicted octanol–water partition coefficient (Wildman–Crippen LogP) is 2.49. The van der Waals surface area contributed by atoms with E-state index in [-0.39, 0.29) is 6.61 Å². The van der Waals surface area contributed by atoms with Gasteiger partial charge in [0.2, 0.25) is 0 Å². The van der Waals surface area contributed by atoms with Gasteiger partial charge in [0.15, 0.2) is 0 Å². The van der Waals surface area contributed by atoms with E-state index in [0.29, 0.717) is 5.69 Å². The molecule has 0 bridgehead atoms. The number of hydrogen-bond donors (Lipinski definition) is 1. The van der Waals surface area contributed by atoms with Crippen LogP contribution in [0.4, 0.5) is 0 Å². The molecule has 1 aromatic carbocycles. The van der Waals surface area contributed by atoms with Crippen LogP contribution in [-0.4, -0.2) is 10.1 Å². The second-order valence-corrected chi connectivity index (χ2v) is 3.74. The van der Waals surface area contributed by atoms with Gasteiger partial charge in [0.05, 0.1) is 12.3 Å². The summed E-state index contributed by atoms with van der Waals surface area (Å²) in [4.78, 5) is 4.10. The topological polar surface area (TPSA) is 33.1 Å². The van der Waals surface area contributed by atoms with Crippen LogP contribution in [0.2, 0.25) is 0 Å². The van der Waals surface area contributed by atoms with Crippen LogP contribution in [0.25, 0.3) is 10.8 Å². The first-order valence-corrected chi connectivity index (χ1v) is 4.74. The van der Waals surface area contributed by atoms with E-state index in [0.717, 1.165) is 15.2 Å². The summed E-state index contributed by atoms with van der Waals surface area (Å²) in [7, 11) is 0. The summed E-state index contributed by atoms with van der Waals surface area (Å²) in [5.41, 5.74) is 0.704. The van der Waals surface area contributed by atoms with Gasteiger partial charge < -0.3 is 5.11 Å². The van der Waals surface area contributed by atoms with E-state index in [9.17, 15) is 0 Å². The van der Waals surface area contributed by atoms with Crippen LogP contribution < -0.4 is 0 Å². The van der Waals surface area contributed by atoms with Gasteiger partial charge in [-0.05, 0) is 23.6 Å². The van der Waals surface area contributed by atoms with E-state index in [1.54, 1.807) is 6.20 Å². The van der Waals surface area contributed by atoms with Gasteiger partial charge in [-0.3, -0.25) is 4.98 Å². The molecule has 0 radical (unpaired) electrons. The number of nitrogens with zero attached hydrogens (tertiary/aromatic N) is 1. The number of hydrogen-bond acceptors (Lipinski definition) is 2. The van der Waals surface area contributed by atoms with E-state index in [4.69, 9.17) is 5.11 Å². The molecule has 0 amide bonds. The molecule has 0 spiro atoms. The van der Waals surface area contributed by atoms with Crippen LogP contribution in [-0.2, 0) is 6.61 Å². The molecular weight excluding hydrogens is 230 g/mol. The number of aliphatic hydroxyl groups is 1.